The van der Waals surface area contributed by atoms with Crippen LogP contribution in [-0.4, -0.2) is 63.2 Å². The molecule has 0 radical (unpaired) electrons. The first kappa shape index (κ1) is 23.2. The Labute approximate surface area is 191 Å². The molecule has 4 N–H and O–H groups in total. The molecule has 0 aromatic heterocycles. The van der Waals surface area contributed by atoms with Crippen molar-refractivity contribution in [1.82, 2.24) is 10.2 Å². The number of allylic oxidation sites excluding steroid dienone is 1. The second-order valence-electron chi connectivity index (χ2n) is 9.25. The van der Waals surface area contributed by atoms with Gasteiger partial charge >= 0.3 is 5.97 Å². The maximum absolute atomic E-state index is 13.7. The van der Waals surface area contributed by atoms with Crippen LogP contribution in [0.3, 0.4) is 0 Å². The van der Waals surface area contributed by atoms with E-state index in [4.69, 9.17) is 0 Å². The van der Waals surface area contributed by atoms with Crippen molar-refractivity contribution < 1.29 is 29.0 Å². The van der Waals surface area contributed by atoms with Gasteiger partial charge in [-0.3, -0.25) is 9.59 Å². The quantitative estimate of drug-likeness (QED) is 0.514. The lowest BCUT2D eigenvalue weighted by Crippen LogP contribution is -2.55. The van der Waals surface area contributed by atoms with Crippen molar-refractivity contribution >= 4 is 23.5 Å². The van der Waals surface area contributed by atoms with Gasteiger partial charge in [0.25, 0.3) is 0 Å². The van der Waals surface area contributed by atoms with Crippen LogP contribution in [0.1, 0.15) is 44.9 Å². The summed E-state index contributed by atoms with van der Waals surface area (Å²) >= 11 is 0. The van der Waals surface area contributed by atoms with Crippen LogP contribution in [0.4, 0.5) is 10.1 Å². The lowest BCUT2D eigenvalue weighted by molar-refractivity contribution is -0.145. The molecule has 4 rings (SSSR count). The molecular weight excluding hydrogens is 429 g/mol. The number of amides is 2. The summed E-state index contributed by atoms with van der Waals surface area (Å²) in [5, 5.41) is 25.8. The first-order valence-electron chi connectivity index (χ1n) is 11.5. The predicted octanol–water partition coefficient (Wildman–Crippen LogP) is 2.05. The van der Waals surface area contributed by atoms with E-state index < -0.39 is 41.4 Å². The van der Waals surface area contributed by atoms with Crippen molar-refractivity contribution in [3.8, 4) is 0 Å². The molecule has 3 aliphatic rings. The van der Waals surface area contributed by atoms with Gasteiger partial charge in [-0.2, -0.15) is 0 Å². The summed E-state index contributed by atoms with van der Waals surface area (Å²) in [4.78, 5) is 39.9. The normalized spacial score (nSPS) is 32.7. The lowest BCUT2D eigenvalue weighted by Gasteiger charge is -2.30. The number of nitrogens with zero attached hydrogens (tertiary/aromatic N) is 1. The van der Waals surface area contributed by atoms with Crippen molar-refractivity contribution in [2.75, 3.05) is 11.9 Å². The van der Waals surface area contributed by atoms with E-state index >= 15 is 0 Å². The van der Waals surface area contributed by atoms with Gasteiger partial charge in [-0.15, -0.1) is 0 Å². The third-order valence-corrected chi connectivity index (χ3v) is 6.80. The summed E-state index contributed by atoms with van der Waals surface area (Å²) in [5.41, 5.74) is -0.907. The largest absolute Gasteiger partial charge is 0.479 e. The monoisotopic (exact) mass is 459 g/mol. The summed E-state index contributed by atoms with van der Waals surface area (Å²) in [6, 6.07) is 4.18. The molecular formula is C24H30FN3O5. The number of anilines is 1. The molecule has 1 saturated carbocycles. The molecule has 8 nitrogen and oxygen atoms in total. The number of benzene rings is 1. The molecule has 1 saturated heterocycles. The van der Waals surface area contributed by atoms with Gasteiger partial charge in [0, 0.05) is 24.6 Å². The average Bonchev–Trinajstić information content (AvgIpc) is 3.32. The minimum atomic E-state index is -1.37. The Hall–Kier alpha value is -2.94. The number of aliphatic carboxylic acids is 1. The molecule has 1 aliphatic carbocycles. The number of aliphatic hydroxyl groups is 1. The smallest absolute Gasteiger partial charge is 0.330 e. The Morgan fingerprint density at radius 3 is 2.82 bits per heavy atom. The Morgan fingerprint density at radius 1 is 1.24 bits per heavy atom. The van der Waals surface area contributed by atoms with Gasteiger partial charge in [-0.05, 0) is 43.9 Å². The van der Waals surface area contributed by atoms with Gasteiger partial charge in [-0.1, -0.05) is 31.1 Å². The number of aliphatic hydroxyl groups excluding tert-OH is 1. The van der Waals surface area contributed by atoms with Gasteiger partial charge in [0.1, 0.15) is 23.4 Å². The van der Waals surface area contributed by atoms with E-state index in [1.807, 2.05) is 12.2 Å². The number of carboxylic acids is 1. The summed E-state index contributed by atoms with van der Waals surface area (Å²) in [6.07, 6.45) is 7.07. The van der Waals surface area contributed by atoms with Gasteiger partial charge in [0.05, 0.1) is 6.10 Å². The van der Waals surface area contributed by atoms with Crippen LogP contribution in [0.2, 0.25) is 0 Å². The molecule has 178 valence electrons. The van der Waals surface area contributed by atoms with Crippen molar-refractivity contribution in [3.63, 3.8) is 0 Å². The van der Waals surface area contributed by atoms with Crippen LogP contribution in [0, 0.1) is 11.7 Å². The van der Waals surface area contributed by atoms with Crippen LogP contribution in [0.15, 0.2) is 36.4 Å². The number of hydrogen-bond acceptors (Lipinski definition) is 5. The zero-order chi connectivity index (χ0) is 23.6. The number of rotatable bonds is 3. The van der Waals surface area contributed by atoms with Crippen molar-refractivity contribution in [2.45, 2.75) is 68.7 Å². The van der Waals surface area contributed by atoms with E-state index in [2.05, 4.69) is 10.6 Å². The molecule has 5 atom stereocenters. The van der Waals surface area contributed by atoms with E-state index in [1.54, 1.807) is 12.1 Å². The number of nitrogens with one attached hydrogen (secondary N) is 2. The summed E-state index contributed by atoms with van der Waals surface area (Å²) in [7, 11) is 0. The van der Waals surface area contributed by atoms with Gasteiger partial charge in [-0.25, -0.2) is 9.18 Å². The van der Waals surface area contributed by atoms with Crippen LogP contribution in [0.25, 0.3) is 0 Å². The SMILES string of the molecule is O=C1N[C@]2(C(=O)O)C[C@H]2C=CCCCCC[C@H](Nc2cccc(F)c2)C(=O)N2C[C@H](O)C[C@@H]12. The zero-order valence-corrected chi connectivity index (χ0v) is 18.4. The molecule has 2 fully saturated rings. The van der Waals surface area contributed by atoms with E-state index in [0.29, 0.717) is 18.5 Å². The molecule has 0 bridgehead atoms. The highest BCUT2D eigenvalue weighted by Crippen LogP contribution is 2.45. The molecule has 1 aromatic carbocycles. The number of halogens is 1. The Balaban J connectivity index is 1.59. The summed E-state index contributed by atoms with van der Waals surface area (Å²) in [5.74, 6) is -2.75. The van der Waals surface area contributed by atoms with Crippen LogP contribution in [0.5, 0.6) is 0 Å². The minimum Gasteiger partial charge on any atom is -0.479 e. The Morgan fingerprint density at radius 2 is 2.06 bits per heavy atom. The third kappa shape index (κ3) is 5.03. The minimum absolute atomic E-state index is 0.0122. The fourth-order valence-electron chi connectivity index (χ4n) is 4.86. The van der Waals surface area contributed by atoms with Crippen molar-refractivity contribution in [2.24, 2.45) is 5.92 Å². The van der Waals surface area contributed by atoms with Crippen LogP contribution >= 0.6 is 0 Å². The van der Waals surface area contributed by atoms with E-state index in [-0.39, 0.29) is 24.8 Å². The van der Waals surface area contributed by atoms with Gasteiger partial charge in [0.2, 0.25) is 11.8 Å². The summed E-state index contributed by atoms with van der Waals surface area (Å²) < 4.78 is 13.7. The first-order valence-corrected chi connectivity index (χ1v) is 11.5. The number of hydrogen-bond donors (Lipinski definition) is 4. The van der Waals surface area contributed by atoms with E-state index in [9.17, 15) is 29.0 Å². The number of fused-ring (bicyclic) bond motifs is 2. The van der Waals surface area contributed by atoms with Crippen molar-refractivity contribution in [1.29, 1.82) is 0 Å². The topological polar surface area (TPSA) is 119 Å². The van der Waals surface area contributed by atoms with Crippen LogP contribution in [-0.2, 0) is 14.4 Å². The van der Waals surface area contributed by atoms with E-state index in [1.165, 1.54) is 17.0 Å². The second-order valence-corrected chi connectivity index (χ2v) is 9.25. The molecule has 2 heterocycles. The highest BCUT2D eigenvalue weighted by atomic mass is 19.1. The lowest BCUT2D eigenvalue weighted by atomic mass is 10.0. The molecule has 9 heteroatoms. The van der Waals surface area contributed by atoms with Gasteiger partial charge < -0.3 is 25.7 Å². The van der Waals surface area contributed by atoms with Gasteiger partial charge in [0.15, 0.2) is 0 Å². The maximum Gasteiger partial charge on any atom is 0.330 e. The molecule has 0 unspecified atom stereocenters. The highest BCUT2D eigenvalue weighted by molar-refractivity contribution is 5.96. The summed E-state index contributed by atoms with van der Waals surface area (Å²) in [6.45, 7) is -0.0122. The predicted molar refractivity (Wildman–Crippen MR) is 119 cm³/mol. The standard InChI is InChI=1S/C24H30FN3O5/c25-16-8-6-9-17(11-16)26-19-10-5-3-1-2-4-7-15-13-24(15,23(32)33)27-21(30)20-12-18(29)14-28(20)22(19)31/h4,6-9,11,15,18-20,26,29H,1-3,5,10,12-14H2,(H,27,30)(H,32,33)/t15-,18-,19+,20+,24-/m1/s1. The fraction of sp³-hybridized carbons (Fsp3) is 0.542. The molecule has 2 aliphatic heterocycles. The fourth-order valence-corrected chi connectivity index (χ4v) is 4.86. The zero-order valence-electron chi connectivity index (χ0n) is 18.4. The average molecular weight is 460 g/mol. The Kier molecular flexibility index (Phi) is 6.69. The molecule has 2 amide bonds. The number of carboxylic acid groups (broad SMARTS) is 1. The Bertz CT molecular complexity index is 954. The molecule has 33 heavy (non-hydrogen) atoms. The number of carbonyl (C=O) groups excluding carboxylic acids is 2. The maximum atomic E-state index is 13.7. The second kappa shape index (κ2) is 9.51. The van der Waals surface area contributed by atoms with E-state index in [0.717, 1.165) is 25.7 Å². The van der Waals surface area contributed by atoms with Crippen LogP contribution < -0.4 is 10.6 Å². The third-order valence-electron chi connectivity index (χ3n) is 6.80. The van der Waals surface area contributed by atoms with Crippen molar-refractivity contribution in [3.05, 3.63) is 42.2 Å². The molecule has 0 spiro atoms. The highest BCUT2D eigenvalue weighted by Gasteiger charge is 2.61. The number of carbonyl (C=O) groups is 3. The first-order chi connectivity index (χ1) is 15.8. The molecule has 1 aromatic rings.